The quantitative estimate of drug-likeness (QED) is 0.735. The number of aryl methyl sites for hydroxylation is 1. The maximum Gasteiger partial charge on any atom is 0.319 e. The molecule has 128 valence electrons. The molecule has 0 bridgehead atoms. The van der Waals surface area contributed by atoms with Crippen LogP contribution in [0.1, 0.15) is 25.8 Å². The Morgan fingerprint density at radius 2 is 2.17 bits per heavy atom. The number of anilines is 1. The summed E-state index contributed by atoms with van der Waals surface area (Å²) < 4.78 is 5.56. The normalized spacial score (nSPS) is 10.5. The largest absolute Gasteiger partial charge is 0.489 e. The predicted molar refractivity (Wildman–Crippen MR) is 96.8 cm³/mol. The second kappa shape index (κ2) is 9.13. The summed E-state index contributed by atoms with van der Waals surface area (Å²) in [6.07, 6.45) is 5.35. The first kappa shape index (κ1) is 18.1. The molecule has 0 aliphatic carbocycles. The second-order valence-corrected chi connectivity index (χ2v) is 6.06. The van der Waals surface area contributed by atoms with Crippen LogP contribution in [0, 0.1) is 0 Å². The molecule has 24 heavy (non-hydrogen) atoms. The molecule has 0 aliphatic rings. The van der Waals surface area contributed by atoms with E-state index in [9.17, 15) is 4.79 Å². The van der Waals surface area contributed by atoms with Gasteiger partial charge >= 0.3 is 6.03 Å². The Bertz CT molecular complexity index is 663. The molecular weight excluding hydrogens is 326 g/mol. The van der Waals surface area contributed by atoms with Crippen LogP contribution in [0.15, 0.2) is 42.7 Å². The van der Waals surface area contributed by atoms with Gasteiger partial charge in [-0.1, -0.05) is 17.7 Å². The van der Waals surface area contributed by atoms with Crippen molar-refractivity contribution in [2.75, 3.05) is 11.9 Å². The summed E-state index contributed by atoms with van der Waals surface area (Å²) in [6, 6.07) is 8.87. The van der Waals surface area contributed by atoms with Crippen LogP contribution in [-0.4, -0.2) is 23.7 Å². The summed E-state index contributed by atoms with van der Waals surface area (Å²) in [7, 11) is 0. The first-order valence-corrected chi connectivity index (χ1v) is 8.32. The molecule has 1 aromatic carbocycles. The zero-order valence-electron chi connectivity index (χ0n) is 13.9. The highest BCUT2D eigenvalue weighted by Gasteiger charge is 2.07. The van der Waals surface area contributed by atoms with Crippen molar-refractivity contribution in [2.24, 2.45) is 0 Å². The van der Waals surface area contributed by atoms with E-state index < -0.39 is 0 Å². The first-order valence-electron chi connectivity index (χ1n) is 7.94. The van der Waals surface area contributed by atoms with Gasteiger partial charge in [0.25, 0.3) is 0 Å². The van der Waals surface area contributed by atoms with Crippen LogP contribution < -0.4 is 15.4 Å². The standard InChI is InChI=1S/C18H22ClN3O2/c1-13(2)24-17-8-7-15(11-16(17)19)22-18(23)21-10-4-6-14-5-3-9-20-12-14/h3,5,7-9,11-13H,4,6,10H2,1-2H3,(H2,21,22,23). The minimum absolute atomic E-state index is 0.0458. The molecule has 0 spiro atoms. The molecule has 5 nitrogen and oxygen atoms in total. The monoisotopic (exact) mass is 347 g/mol. The predicted octanol–water partition coefficient (Wildman–Crippen LogP) is 4.28. The number of amides is 2. The Hall–Kier alpha value is -2.27. The number of pyridine rings is 1. The van der Waals surface area contributed by atoms with E-state index in [1.807, 2.05) is 32.2 Å². The molecule has 2 aromatic rings. The van der Waals surface area contributed by atoms with Crippen LogP contribution in [0.4, 0.5) is 10.5 Å². The molecule has 0 radical (unpaired) electrons. The van der Waals surface area contributed by atoms with Gasteiger partial charge in [0.2, 0.25) is 0 Å². The zero-order chi connectivity index (χ0) is 17.4. The van der Waals surface area contributed by atoms with Gasteiger partial charge in [-0.15, -0.1) is 0 Å². The molecule has 2 N–H and O–H groups in total. The minimum atomic E-state index is -0.255. The van der Waals surface area contributed by atoms with Crippen LogP contribution >= 0.6 is 11.6 Å². The number of aromatic nitrogens is 1. The third-order valence-corrected chi connectivity index (χ3v) is 3.50. The Kier molecular flexibility index (Phi) is 6.88. The van der Waals surface area contributed by atoms with E-state index in [1.165, 1.54) is 0 Å². The molecule has 1 aromatic heterocycles. The highest BCUT2D eigenvalue weighted by atomic mass is 35.5. The summed E-state index contributed by atoms with van der Waals surface area (Å²) in [5.74, 6) is 0.606. The lowest BCUT2D eigenvalue weighted by Gasteiger charge is -2.13. The average Bonchev–Trinajstić information content (AvgIpc) is 2.55. The van der Waals surface area contributed by atoms with Crippen molar-refractivity contribution >= 4 is 23.3 Å². The van der Waals surface area contributed by atoms with E-state index in [4.69, 9.17) is 16.3 Å². The number of carbonyl (C=O) groups is 1. The van der Waals surface area contributed by atoms with Gasteiger partial charge < -0.3 is 15.4 Å². The number of nitrogens with one attached hydrogen (secondary N) is 2. The summed E-state index contributed by atoms with van der Waals surface area (Å²) in [5.41, 5.74) is 1.79. The van der Waals surface area contributed by atoms with Gasteiger partial charge in [0, 0.05) is 24.6 Å². The molecule has 2 amide bonds. The first-order chi connectivity index (χ1) is 11.5. The SMILES string of the molecule is CC(C)Oc1ccc(NC(=O)NCCCc2cccnc2)cc1Cl. The van der Waals surface area contributed by atoms with Crippen LogP contribution in [-0.2, 0) is 6.42 Å². The zero-order valence-corrected chi connectivity index (χ0v) is 14.6. The number of carbonyl (C=O) groups excluding carboxylic acids is 1. The molecular formula is C18H22ClN3O2. The van der Waals surface area contributed by atoms with E-state index in [1.54, 1.807) is 24.4 Å². The van der Waals surface area contributed by atoms with E-state index in [2.05, 4.69) is 15.6 Å². The highest BCUT2D eigenvalue weighted by Crippen LogP contribution is 2.28. The van der Waals surface area contributed by atoms with Crippen LogP contribution in [0.5, 0.6) is 5.75 Å². The van der Waals surface area contributed by atoms with Crippen molar-refractivity contribution in [2.45, 2.75) is 32.8 Å². The smallest absolute Gasteiger partial charge is 0.319 e. The van der Waals surface area contributed by atoms with Crippen molar-refractivity contribution < 1.29 is 9.53 Å². The highest BCUT2D eigenvalue weighted by molar-refractivity contribution is 6.32. The van der Waals surface area contributed by atoms with E-state index in [0.717, 1.165) is 18.4 Å². The third-order valence-electron chi connectivity index (χ3n) is 3.20. The van der Waals surface area contributed by atoms with Crippen molar-refractivity contribution in [3.63, 3.8) is 0 Å². The van der Waals surface area contributed by atoms with Gasteiger partial charge in [0.1, 0.15) is 5.75 Å². The number of hydrogen-bond acceptors (Lipinski definition) is 3. The lowest BCUT2D eigenvalue weighted by atomic mass is 10.1. The van der Waals surface area contributed by atoms with Crippen LogP contribution in [0.25, 0.3) is 0 Å². The van der Waals surface area contributed by atoms with Crippen LogP contribution in [0.2, 0.25) is 5.02 Å². The Morgan fingerprint density at radius 3 is 2.83 bits per heavy atom. The number of nitrogens with zero attached hydrogens (tertiary/aromatic N) is 1. The second-order valence-electron chi connectivity index (χ2n) is 5.66. The fraction of sp³-hybridized carbons (Fsp3) is 0.333. The Balaban J connectivity index is 1.75. The van der Waals surface area contributed by atoms with Gasteiger partial charge in [0.05, 0.1) is 11.1 Å². The number of halogens is 1. The summed E-state index contributed by atoms with van der Waals surface area (Å²) in [5, 5.41) is 6.05. The Morgan fingerprint density at radius 1 is 1.33 bits per heavy atom. The van der Waals surface area contributed by atoms with Gasteiger partial charge in [0.15, 0.2) is 0 Å². The molecule has 0 fully saturated rings. The molecule has 0 saturated heterocycles. The average molecular weight is 348 g/mol. The van der Waals surface area contributed by atoms with Crippen molar-refractivity contribution in [1.29, 1.82) is 0 Å². The maximum atomic E-state index is 11.9. The summed E-state index contributed by atoms with van der Waals surface area (Å²) in [4.78, 5) is 16.0. The number of ether oxygens (including phenoxy) is 1. The molecule has 0 saturated carbocycles. The lowest BCUT2D eigenvalue weighted by molar-refractivity contribution is 0.242. The van der Waals surface area contributed by atoms with Gasteiger partial charge in [-0.05, 0) is 56.5 Å². The van der Waals surface area contributed by atoms with Crippen molar-refractivity contribution in [3.05, 3.63) is 53.3 Å². The van der Waals surface area contributed by atoms with E-state index in [0.29, 0.717) is 23.0 Å². The molecule has 0 atom stereocenters. The third kappa shape index (κ3) is 6.08. The fourth-order valence-electron chi connectivity index (χ4n) is 2.14. The number of rotatable bonds is 7. The molecule has 1 heterocycles. The summed E-state index contributed by atoms with van der Waals surface area (Å²) in [6.45, 7) is 4.45. The number of urea groups is 1. The lowest BCUT2D eigenvalue weighted by Crippen LogP contribution is -2.29. The summed E-state index contributed by atoms with van der Waals surface area (Å²) >= 11 is 6.15. The maximum absolute atomic E-state index is 11.9. The Labute approximate surface area is 147 Å². The van der Waals surface area contributed by atoms with Gasteiger partial charge in [-0.25, -0.2) is 4.79 Å². The number of hydrogen-bond donors (Lipinski definition) is 2. The minimum Gasteiger partial charge on any atom is -0.489 e. The topological polar surface area (TPSA) is 63.2 Å². The van der Waals surface area contributed by atoms with Crippen LogP contribution in [0.3, 0.4) is 0 Å². The van der Waals surface area contributed by atoms with Gasteiger partial charge in [-0.2, -0.15) is 0 Å². The van der Waals surface area contributed by atoms with Gasteiger partial charge in [-0.3, -0.25) is 4.98 Å². The van der Waals surface area contributed by atoms with E-state index in [-0.39, 0.29) is 12.1 Å². The molecule has 6 heteroatoms. The van der Waals surface area contributed by atoms with Crippen molar-refractivity contribution in [1.82, 2.24) is 10.3 Å². The van der Waals surface area contributed by atoms with Crippen molar-refractivity contribution in [3.8, 4) is 5.75 Å². The number of benzene rings is 1. The fourth-order valence-corrected chi connectivity index (χ4v) is 2.37. The molecule has 2 rings (SSSR count). The van der Waals surface area contributed by atoms with E-state index >= 15 is 0 Å². The molecule has 0 unspecified atom stereocenters. The molecule has 0 aliphatic heterocycles.